The summed E-state index contributed by atoms with van der Waals surface area (Å²) < 4.78 is 0. The minimum absolute atomic E-state index is 0. The minimum atomic E-state index is -0.596. The van der Waals surface area contributed by atoms with Crippen molar-refractivity contribution in [3.05, 3.63) is 66.0 Å². The Morgan fingerprint density at radius 1 is 0.923 bits per heavy atom. The maximum atomic E-state index is 10.0. The molecule has 3 rings (SSSR count). The molecule has 3 aromatic carbocycles. The normalized spacial score (nSPS) is 12.0. The van der Waals surface area contributed by atoms with Gasteiger partial charge < -0.3 is 15.3 Å². The van der Waals surface area contributed by atoms with E-state index < -0.39 is 6.10 Å². The van der Waals surface area contributed by atoms with Crippen molar-refractivity contribution in [2.24, 2.45) is 5.16 Å². The van der Waals surface area contributed by atoms with Crippen LogP contribution < -0.4 is 10.7 Å². The SMILES string of the molecule is CC(C)NCC(O)CON=c1c2ccccc2ccc2ccccc12.Cl. The van der Waals surface area contributed by atoms with Gasteiger partial charge in [-0.1, -0.05) is 79.7 Å². The molecule has 26 heavy (non-hydrogen) atoms. The fraction of sp³-hybridized carbons (Fsp3) is 0.286. The third-order valence-corrected chi connectivity index (χ3v) is 4.06. The van der Waals surface area contributed by atoms with Crippen molar-refractivity contribution < 1.29 is 9.94 Å². The summed E-state index contributed by atoms with van der Waals surface area (Å²) in [5.74, 6) is 0. The maximum Gasteiger partial charge on any atom is 0.144 e. The molecule has 0 heterocycles. The largest absolute Gasteiger partial charge is 0.392 e. The van der Waals surface area contributed by atoms with Crippen LogP contribution in [0.25, 0.3) is 21.5 Å². The number of benzene rings is 2. The molecule has 5 heteroatoms. The number of aliphatic hydroxyl groups is 1. The Labute approximate surface area is 159 Å². The molecule has 0 aliphatic heterocycles. The van der Waals surface area contributed by atoms with Crippen molar-refractivity contribution in [2.75, 3.05) is 13.2 Å². The number of hydrogen-bond donors (Lipinski definition) is 2. The highest BCUT2D eigenvalue weighted by Crippen LogP contribution is 2.15. The summed E-state index contributed by atoms with van der Waals surface area (Å²) in [5.41, 5.74) is 0. The summed E-state index contributed by atoms with van der Waals surface area (Å²) >= 11 is 0. The maximum absolute atomic E-state index is 10.0. The predicted molar refractivity (Wildman–Crippen MR) is 109 cm³/mol. The molecule has 0 aliphatic carbocycles. The van der Waals surface area contributed by atoms with Crippen LogP contribution >= 0.6 is 12.4 Å². The van der Waals surface area contributed by atoms with Crippen molar-refractivity contribution in [2.45, 2.75) is 26.0 Å². The van der Waals surface area contributed by atoms with Gasteiger partial charge in [0.05, 0.1) is 0 Å². The Balaban J connectivity index is 0.00000243. The van der Waals surface area contributed by atoms with Crippen LogP contribution in [0.1, 0.15) is 13.8 Å². The molecule has 0 aliphatic rings. The van der Waals surface area contributed by atoms with E-state index in [-0.39, 0.29) is 19.0 Å². The molecule has 2 N–H and O–H groups in total. The van der Waals surface area contributed by atoms with Gasteiger partial charge in [0.15, 0.2) is 0 Å². The molecule has 0 fully saturated rings. The van der Waals surface area contributed by atoms with Crippen LogP contribution in [0.15, 0.2) is 65.8 Å². The highest BCUT2D eigenvalue weighted by molar-refractivity contribution is 5.92. The van der Waals surface area contributed by atoms with Gasteiger partial charge in [-0.25, -0.2) is 0 Å². The van der Waals surface area contributed by atoms with E-state index in [1.807, 2.05) is 50.2 Å². The second-order valence-electron chi connectivity index (χ2n) is 6.46. The first-order valence-corrected chi connectivity index (χ1v) is 8.63. The highest BCUT2D eigenvalue weighted by Gasteiger charge is 2.06. The molecule has 3 aromatic rings. The van der Waals surface area contributed by atoms with Gasteiger partial charge in [-0.15, -0.1) is 12.4 Å². The van der Waals surface area contributed by atoms with Gasteiger partial charge in [0.2, 0.25) is 0 Å². The first kappa shape index (κ1) is 20.2. The number of nitrogens with zero attached hydrogens (tertiary/aromatic N) is 1. The predicted octanol–water partition coefficient (Wildman–Crippen LogP) is 3.61. The average Bonchev–Trinajstić information content (AvgIpc) is 2.78. The fourth-order valence-electron chi connectivity index (χ4n) is 2.76. The van der Waals surface area contributed by atoms with E-state index in [9.17, 15) is 5.11 Å². The first-order chi connectivity index (χ1) is 12.1. The molecule has 0 saturated heterocycles. The quantitative estimate of drug-likeness (QED) is 0.650. The third kappa shape index (κ3) is 4.94. The zero-order chi connectivity index (χ0) is 17.6. The number of halogens is 1. The van der Waals surface area contributed by atoms with Crippen molar-refractivity contribution in [1.29, 1.82) is 0 Å². The van der Waals surface area contributed by atoms with Gasteiger partial charge in [-0.05, 0) is 10.8 Å². The van der Waals surface area contributed by atoms with Gasteiger partial charge >= 0.3 is 0 Å². The fourth-order valence-corrected chi connectivity index (χ4v) is 2.76. The Hall–Kier alpha value is -2.14. The van der Waals surface area contributed by atoms with Crippen molar-refractivity contribution >= 4 is 34.0 Å². The van der Waals surface area contributed by atoms with Crippen LogP contribution in [0.4, 0.5) is 0 Å². The van der Waals surface area contributed by atoms with Gasteiger partial charge in [-0.3, -0.25) is 0 Å². The van der Waals surface area contributed by atoms with Crippen molar-refractivity contribution in [3.63, 3.8) is 0 Å². The Morgan fingerprint density at radius 3 is 2.00 bits per heavy atom. The molecule has 0 bridgehead atoms. The van der Waals surface area contributed by atoms with Crippen LogP contribution in [0.2, 0.25) is 0 Å². The number of fused-ring (bicyclic) bond motifs is 2. The number of nitrogens with one attached hydrogen (secondary N) is 1. The van der Waals surface area contributed by atoms with E-state index in [0.717, 1.165) is 26.9 Å². The van der Waals surface area contributed by atoms with Crippen LogP contribution in [0.5, 0.6) is 0 Å². The lowest BCUT2D eigenvalue weighted by molar-refractivity contribution is 0.0349. The molecule has 0 saturated carbocycles. The zero-order valence-corrected chi connectivity index (χ0v) is 15.9. The summed E-state index contributed by atoms with van der Waals surface area (Å²) in [6, 6.07) is 20.8. The first-order valence-electron chi connectivity index (χ1n) is 8.63. The average molecular weight is 373 g/mol. The number of hydrogen-bond acceptors (Lipinski definition) is 4. The number of aliphatic hydroxyl groups excluding tert-OH is 1. The lowest BCUT2D eigenvalue weighted by Gasteiger charge is -2.12. The Bertz CT molecular complexity index is 866. The van der Waals surface area contributed by atoms with Gasteiger partial charge in [0.1, 0.15) is 18.1 Å². The second-order valence-corrected chi connectivity index (χ2v) is 6.46. The smallest absolute Gasteiger partial charge is 0.144 e. The van der Waals surface area contributed by atoms with E-state index in [1.165, 1.54) is 0 Å². The lowest BCUT2D eigenvalue weighted by Crippen LogP contribution is -2.34. The minimum Gasteiger partial charge on any atom is -0.392 e. The van der Waals surface area contributed by atoms with Crippen LogP contribution in [0, 0.1) is 0 Å². The summed E-state index contributed by atoms with van der Waals surface area (Å²) in [4.78, 5) is 5.51. The summed E-state index contributed by atoms with van der Waals surface area (Å²) in [5, 5.41) is 22.6. The second kappa shape index (κ2) is 9.53. The Morgan fingerprint density at radius 2 is 1.46 bits per heavy atom. The molecule has 1 atom stereocenters. The van der Waals surface area contributed by atoms with Crippen LogP contribution in [0.3, 0.4) is 0 Å². The molecule has 0 amide bonds. The molecular weight excluding hydrogens is 348 g/mol. The molecular formula is C21H25ClN2O2. The number of rotatable bonds is 6. The van der Waals surface area contributed by atoms with Gasteiger partial charge in [0.25, 0.3) is 0 Å². The lowest BCUT2D eigenvalue weighted by atomic mass is 10.1. The monoisotopic (exact) mass is 372 g/mol. The standard InChI is InChI=1S/C21H24N2O2.ClH/c1-15(2)22-13-18(24)14-25-23-21-19-9-5-3-7-16(19)11-12-17-8-4-6-10-20(17)21;/h3-12,15,18,22,24H,13-14H2,1-2H3;1H. The third-order valence-electron chi connectivity index (χ3n) is 4.06. The van der Waals surface area contributed by atoms with E-state index in [1.54, 1.807) is 0 Å². The summed E-state index contributed by atoms with van der Waals surface area (Å²) in [6.45, 7) is 4.72. The zero-order valence-electron chi connectivity index (χ0n) is 15.1. The van der Waals surface area contributed by atoms with Gasteiger partial charge in [0, 0.05) is 23.4 Å². The molecule has 138 valence electrons. The van der Waals surface area contributed by atoms with Crippen LogP contribution in [-0.4, -0.2) is 30.4 Å². The summed E-state index contributed by atoms with van der Waals surface area (Å²) in [7, 11) is 0. The van der Waals surface area contributed by atoms with Crippen LogP contribution in [-0.2, 0) is 4.84 Å². The van der Waals surface area contributed by atoms with E-state index in [4.69, 9.17) is 4.84 Å². The Kier molecular flexibility index (Phi) is 7.39. The highest BCUT2D eigenvalue weighted by atomic mass is 35.5. The van der Waals surface area contributed by atoms with E-state index >= 15 is 0 Å². The topological polar surface area (TPSA) is 53.8 Å². The van der Waals surface area contributed by atoms with Gasteiger partial charge in [-0.2, -0.15) is 0 Å². The van der Waals surface area contributed by atoms with E-state index in [0.29, 0.717) is 12.6 Å². The van der Waals surface area contributed by atoms with Crippen molar-refractivity contribution in [3.8, 4) is 0 Å². The van der Waals surface area contributed by atoms with Crippen molar-refractivity contribution in [1.82, 2.24) is 5.32 Å². The molecule has 0 aromatic heterocycles. The molecule has 4 nitrogen and oxygen atoms in total. The van der Waals surface area contributed by atoms with E-state index in [2.05, 4.69) is 34.7 Å². The summed E-state index contributed by atoms with van der Waals surface area (Å²) in [6.07, 6.45) is -0.596. The molecule has 1 unspecified atom stereocenters. The molecule has 0 spiro atoms. The molecule has 0 radical (unpaired) electrons.